The molecule has 1 amide bonds. The summed E-state index contributed by atoms with van der Waals surface area (Å²) in [6.45, 7) is 2.57. The molecule has 1 fully saturated rings. The number of carbonyl (C=O) groups is 1. The molecule has 1 aliphatic heterocycles. The Bertz CT molecular complexity index is 479. The zero-order valence-corrected chi connectivity index (χ0v) is 14.1. The molecule has 1 aliphatic rings. The number of hydrogen-bond acceptors (Lipinski definition) is 4. The van der Waals surface area contributed by atoms with E-state index in [-0.39, 0.29) is 24.1 Å². The van der Waals surface area contributed by atoms with E-state index in [1.807, 2.05) is 0 Å². The van der Waals surface area contributed by atoms with Crippen LogP contribution in [0.3, 0.4) is 0 Å². The number of rotatable bonds is 7. The first kappa shape index (κ1) is 19.7. The topological polar surface area (TPSA) is 59.6 Å². The summed E-state index contributed by atoms with van der Waals surface area (Å²) in [5.41, 5.74) is -0.705. The third-order valence-electron chi connectivity index (χ3n) is 3.90. The summed E-state index contributed by atoms with van der Waals surface area (Å²) >= 11 is 0. The molecule has 1 saturated heterocycles. The van der Waals surface area contributed by atoms with Crippen molar-refractivity contribution in [1.82, 2.24) is 10.6 Å². The Balaban J connectivity index is 0.00000264. The van der Waals surface area contributed by atoms with Gasteiger partial charge in [-0.3, -0.25) is 4.79 Å². The highest BCUT2D eigenvalue weighted by molar-refractivity contribution is 5.85. The normalized spacial score (nSPS) is 16.3. The summed E-state index contributed by atoms with van der Waals surface area (Å²) in [4.78, 5) is 12.3. The molecule has 130 valence electrons. The van der Waals surface area contributed by atoms with Gasteiger partial charge in [-0.15, -0.1) is 12.4 Å². The van der Waals surface area contributed by atoms with Crippen molar-refractivity contribution >= 4 is 18.3 Å². The number of benzene rings is 1. The molecule has 0 radical (unpaired) electrons. The van der Waals surface area contributed by atoms with Crippen molar-refractivity contribution in [2.24, 2.45) is 0 Å². The number of methoxy groups -OCH3 is 1. The smallest absolute Gasteiger partial charge is 0.252 e. The van der Waals surface area contributed by atoms with E-state index in [2.05, 4.69) is 10.6 Å². The molecule has 0 atom stereocenters. The van der Waals surface area contributed by atoms with Gasteiger partial charge >= 0.3 is 0 Å². The van der Waals surface area contributed by atoms with Crippen LogP contribution in [0, 0.1) is 5.82 Å². The Kier molecular flexibility index (Phi) is 8.30. The standard InChI is InChI=1S/C16H23FN2O3.ClH/c1-21-16(7-10-18-11-8-16)15(20)19-9-2-12-22-14-5-3-13(17)4-6-14;/h3-6,18H,2,7-12H2,1H3,(H,19,20);1H. The number of hydrogen-bond donors (Lipinski definition) is 2. The van der Waals surface area contributed by atoms with Gasteiger partial charge in [-0.05, 0) is 56.6 Å². The average Bonchev–Trinajstić information content (AvgIpc) is 2.56. The van der Waals surface area contributed by atoms with Crippen molar-refractivity contribution in [2.75, 3.05) is 33.4 Å². The molecule has 5 nitrogen and oxygen atoms in total. The first-order chi connectivity index (χ1) is 10.7. The van der Waals surface area contributed by atoms with Gasteiger partial charge in [-0.25, -0.2) is 4.39 Å². The molecule has 0 saturated carbocycles. The van der Waals surface area contributed by atoms with Gasteiger partial charge in [0, 0.05) is 13.7 Å². The van der Waals surface area contributed by atoms with Crippen LogP contribution < -0.4 is 15.4 Å². The molecule has 1 aromatic rings. The predicted molar refractivity (Wildman–Crippen MR) is 88.6 cm³/mol. The second-order valence-electron chi connectivity index (χ2n) is 5.36. The molecule has 7 heteroatoms. The maximum Gasteiger partial charge on any atom is 0.252 e. The molecule has 0 spiro atoms. The summed E-state index contributed by atoms with van der Waals surface area (Å²) in [6, 6.07) is 5.89. The van der Waals surface area contributed by atoms with Crippen LogP contribution in [-0.2, 0) is 9.53 Å². The quantitative estimate of drug-likeness (QED) is 0.740. The Hall–Kier alpha value is -1.37. The van der Waals surface area contributed by atoms with Gasteiger partial charge in [-0.1, -0.05) is 0 Å². The number of ether oxygens (including phenoxy) is 2. The number of halogens is 2. The van der Waals surface area contributed by atoms with E-state index >= 15 is 0 Å². The molecule has 23 heavy (non-hydrogen) atoms. The zero-order valence-electron chi connectivity index (χ0n) is 13.3. The lowest BCUT2D eigenvalue weighted by molar-refractivity contribution is -0.146. The van der Waals surface area contributed by atoms with E-state index in [0.717, 1.165) is 13.1 Å². The van der Waals surface area contributed by atoms with E-state index in [1.54, 1.807) is 19.2 Å². The highest BCUT2D eigenvalue weighted by Crippen LogP contribution is 2.22. The van der Waals surface area contributed by atoms with Crippen molar-refractivity contribution in [3.63, 3.8) is 0 Å². The minimum atomic E-state index is -0.705. The van der Waals surface area contributed by atoms with Gasteiger partial charge in [0.15, 0.2) is 0 Å². The molecular weight excluding hydrogens is 323 g/mol. The second kappa shape index (κ2) is 9.70. The Morgan fingerprint density at radius 2 is 1.96 bits per heavy atom. The van der Waals surface area contributed by atoms with E-state index in [0.29, 0.717) is 38.2 Å². The first-order valence-electron chi connectivity index (χ1n) is 7.59. The number of amides is 1. The summed E-state index contributed by atoms with van der Waals surface area (Å²) < 4.78 is 23.7. The van der Waals surface area contributed by atoms with Crippen molar-refractivity contribution in [2.45, 2.75) is 24.9 Å². The van der Waals surface area contributed by atoms with Crippen LogP contribution in [-0.4, -0.2) is 44.9 Å². The van der Waals surface area contributed by atoms with Crippen LogP contribution in [0.2, 0.25) is 0 Å². The highest BCUT2D eigenvalue weighted by Gasteiger charge is 2.39. The van der Waals surface area contributed by atoms with Gasteiger partial charge in [-0.2, -0.15) is 0 Å². The monoisotopic (exact) mass is 346 g/mol. The largest absolute Gasteiger partial charge is 0.494 e. The fourth-order valence-electron chi connectivity index (χ4n) is 2.51. The second-order valence-corrected chi connectivity index (χ2v) is 5.36. The summed E-state index contributed by atoms with van der Waals surface area (Å²) in [6.07, 6.45) is 2.05. The van der Waals surface area contributed by atoms with Gasteiger partial charge in [0.2, 0.25) is 0 Å². The van der Waals surface area contributed by atoms with Crippen LogP contribution in [0.1, 0.15) is 19.3 Å². The van der Waals surface area contributed by atoms with Crippen molar-refractivity contribution in [3.8, 4) is 5.75 Å². The lowest BCUT2D eigenvalue weighted by Gasteiger charge is -2.34. The zero-order chi connectivity index (χ0) is 15.8. The van der Waals surface area contributed by atoms with E-state index in [1.165, 1.54) is 12.1 Å². The maximum atomic E-state index is 12.7. The summed E-state index contributed by atoms with van der Waals surface area (Å²) in [5.74, 6) is 0.282. The van der Waals surface area contributed by atoms with E-state index in [9.17, 15) is 9.18 Å². The molecule has 0 bridgehead atoms. The molecule has 0 aliphatic carbocycles. The molecular formula is C16H24ClFN2O3. The van der Waals surface area contributed by atoms with Crippen LogP contribution in [0.25, 0.3) is 0 Å². The third kappa shape index (κ3) is 5.64. The van der Waals surface area contributed by atoms with Crippen molar-refractivity contribution in [1.29, 1.82) is 0 Å². The van der Waals surface area contributed by atoms with Crippen LogP contribution in [0.15, 0.2) is 24.3 Å². The molecule has 0 aromatic heterocycles. The summed E-state index contributed by atoms with van der Waals surface area (Å²) in [7, 11) is 1.59. The maximum absolute atomic E-state index is 12.7. The van der Waals surface area contributed by atoms with Gasteiger partial charge in [0.25, 0.3) is 5.91 Å². The fraction of sp³-hybridized carbons (Fsp3) is 0.562. The molecule has 0 unspecified atom stereocenters. The van der Waals surface area contributed by atoms with E-state index in [4.69, 9.17) is 9.47 Å². The lowest BCUT2D eigenvalue weighted by Crippen LogP contribution is -2.54. The third-order valence-corrected chi connectivity index (χ3v) is 3.90. The van der Waals surface area contributed by atoms with Gasteiger partial charge in [0.1, 0.15) is 17.2 Å². The number of carbonyl (C=O) groups excluding carboxylic acids is 1. The summed E-state index contributed by atoms with van der Waals surface area (Å²) in [5, 5.41) is 6.13. The number of piperidine rings is 1. The fourth-order valence-corrected chi connectivity index (χ4v) is 2.51. The first-order valence-corrected chi connectivity index (χ1v) is 7.59. The SMILES string of the molecule is COC1(C(=O)NCCCOc2ccc(F)cc2)CCNCC1.Cl. The average molecular weight is 347 g/mol. The van der Waals surface area contributed by atoms with Crippen molar-refractivity contribution in [3.05, 3.63) is 30.1 Å². The number of nitrogens with one attached hydrogen (secondary N) is 2. The molecule has 2 N–H and O–H groups in total. The lowest BCUT2D eigenvalue weighted by atomic mass is 9.91. The minimum absolute atomic E-state index is 0. The van der Waals surface area contributed by atoms with Crippen LogP contribution in [0.4, 0.5) is 4.39 Å². The predicted octanol–water partition coefficient (Wildman–Crippen LogP) is 1.90. The minimum Gasteiger partial charge on any atom is -0.494 e. The molecule has 1 aromatic carbocycles. The highest BCUT2D eigenvalue weighted by atomic mass is 35.5. The van der Waals surface area contributed by atoms with Crippen LogP contribution in [0.5, 0.6) is 5.75 Å². The van der Waals surface area contributed by atoms with Gasteiger partial charge in [0.05, 0.1) is 6.61 Å². The Labute approximate surface area is 142 Å². The van der Waals surface area contributed by atoms with Crippen LogP contribution >= 0.6 is 12.4 Å². The molecule has 1 heterocycles. The Morgan fingerprint density at radius 1 is 1.30 bits per heavy atom. The van der Waals surface area contributed by atoms with E-state index < -0.39 is 5.60 Å². The Morgan fingerprint density at radius 3 is 2.57 bits per heavy atom. The molecule has 2 rings (SSSR count). The van der Waals surface area contributed by atoms with Crippen molar-refractivity contribution < 1.29 is 18.7 Å². The van der Waals surface area contributed by atoms with Gasteiger partial charge < -0.3 is 20.1 Å².